The SMILES string of the molecule is Cc1nn(Cc2ccccc2Cl)c(Cl)c1C(=O)Nc1cccc(S(C)(=O)=O)c1. The topological polar surface area (TPSA) is 81.1 Å². The number of anilines is 1. The summed E-state index contributed by atoms with van der Waals surface area (Å²) in [5.74, 6) is -0.474. The zero-order valence-corrected chi connectivity index (χ0v) is 17.4. The van der Waals surface area contributed by atoms with Crippen LogP contribution in [0.1, 0.15) is 21.6 Å². The molecule has 146 valence electrons. The summed E-state index contributed by atoms with van der Waals surface area (Å²) in [4.78, 5) is 12.8. The molecule has 0 radical (unpaired) electrons. The molecule has 0 bridgehead atoms. The minimum Gasteiger partial charge on any atom is -0.322 e. The quantitative estimate of drug-likeness (QED) is 0.648. The fraction of sp³-hybridized carbons (Fsp3) is 0.158. The van der Waals surface area contributed by atoms with Gasteiger partial charge in [-0.05, 0) is 36.8 Å². The van der Waals surface area contributed by atoms with Gasteiger partial charge in [-0.3, -0.25) is 4.79 Å². The Bertz CT molecular complexity index is 1160. The number of halogens is 2. The van der Waals surface area contributed by atoms with Crippen molar-refractivity contribution in [1.29, 1.82) is 0 Å². The number of rotatable bonds is 5. The van der Waals surface area contributed by atoms with Gasteiger partial charge in [-0.1, -0.05) is 47.5 Å². The van der Waals surface area contributed by atoms with Gasteiger partial charge in [0, 0.05) is 17.0 Å². The highest BCUT2D eigenvalue weighted by molar-refractivity contribution is 7.90. The molecule has 0 aliphatic heterocycles. The predicted molar refractivity (Wildman–Crippen MR) is 110 cm³/mol. The first kappa shape index (κ1) is 20.4. The van der Waals surface area contributed by atoms with E-state index < -0.39 is 15.7 Å². The summed E-state index contributed by atoms with van der Waals surface area (Å²) < 4.78 is 24.9. The molecule has 1 aromatic heterocycles. The van der Waals surface area contributed by atoms with Gasteiger partial charge in [0.25, 0.3) is 5.91 Å². The smallest absolute Gasteiger partial charge is 0.260 e. The minimum atomic E-state index is -3.38. The Morgan fingerprint density at radius 3 is 2.54 bits per heavy atom. The largest absolute Gasteiger partial charge is 0.322 e. The zero-order valence-electron chi connectivity index (χ0n) is 15.1. The third-order valence-corrected chi connectivity index (χ3v) is 5.95. The number of nitrogens with one attached hydrogen (secondary N) is 1. The first-order chi connectivity index (χ1) is 13.2. The first-order valence-corrected chi connectivity index (χ1v) is 10.9. The lowest BCUT2D eigenvalue weighted by atomic mass is 10.2. The second kappa shape index (κ2) is 7.95. The summed E-state index contributed by atoms with van der Waals surface area (Å²) in [6, 6.07) is 13.3. The number of carbonyl (C=O) groups is 1. The highest BCUT2D eigenvalue weighted by atomic mass is 35.5. The van der Waals surface area contributed by atoms with Crippen molar-refractivity contribution in [2.75, 3.05) is 11.6 Å². The molecule has 0 unspecified atom stereocenters. The van der Waals surface area contributed by atoms with E-state index in [0.717, 1.165) is 11.8 Å². The van der Waals surface area contributed by atoms with Crippen LogP contribution in [0.2, 0.25) is 10.2 Å². The number of aromatic nitrogens is 2. The van der Waals surface area contributed by atoms with Gasteiger partial charge in [0.1, 0.15) is 5.15 Å². The van der Waals surface area contributed by atoms with Crippen LogP contribution in [0, 0.1) is 6.92 Å². The standard InChI is InChI=1S/C19H17Cl2N3O3S/c1-12-17(18(21)24(23-12)11-13-6-3-4-9-16(13)20)19(25)22-14-7-5-8-15(10-14)28(2,26)27/h3-10H,11H2,1-2H3,(H,22,25). The van der Waals surface area contributed by atoms with Gasteiger partial charge in [0.2, 0.25) is 0 Å². The Morgan fingerprint density at radius 1 is 1.14 bits per heavy atom. The molecule has 0 aliphatic carbocycles. The first-order valence-electron chi connectivity index (χ1n) is 8.24. The Balaban J connectivity index is 1.87. The number of benzene rings is 2. The van der Waals surface area contributed by atoms with E-state index in [2.05, 4.69) is 10.4 Å². The van der Waals surface area contributed by atoms with Crippen LogP contribution in [0.25, 0.3) is 0 Å². The normalized spacial score (nSPS) is 11.4. The molecule has 1 heterocycles. The fourth-order valence-corrected chi connectivity index (χ4v) is 3.88. The number of aryl methyl sites for hydroxylation is 1. The summed E-state index contributed by atoms with van der Waals surface area (Å²) in [6.45, 7) is 1.99. The van der Waals surface area contributed by atoms with E-state index in [0.29, 0.717) is 22.9 Å². The molecule has 2 aromatic carbocycles. The lowest BCUT2D eigenvalue weighted by Gasteiger charge is -2.08. The summed E-state index contributed by atoms with van der Waals surface area (Å²) in [7, 11) is -3.38. The maximum atomic E-state index is 12.7. The molecule has 0 saturated carbocycles. The second-order valence-electron chi connectivity index (χ2n) is 6.25. The van der Waals surface area contributed by atoms with E-state index in [4.69, 9.17) is 23.2 Å². The van der Waals surface area contributed by atoms with Crippen molar-refractivity contribution in [2.24, 2.45) is 0 Å². The van der Waals surface area contributed by atoms with Crippen molar-refractivity contribution in [2.45, 2.75) is 18.4 Å². The van der Waals surface area contributed by atoms with Crippen molar-refractivity contribution in [3.63, 3.8) is 0 Å². The molecule has 0 fully saturated rings. The highest BCUT2D eigenvalue weighted by Gasteiger charge is 2.21. The molecule has 9 heteroatoms. The summed E-state index contributed by atoms with van der Waals surface area (Å²) in [5, 5.41) is 7.76. The van der Waals surface area contributed by atoms with Gasteiger partial charge in [-0.15, -0.1) is 0 Å². The molecule has 1 amide bonds. The van der Waals surface area contributed by atoms with Crippen molar-refractivity contribution >= 4 is 44.6 Å². The molecule has 3 rings (SSSR count). The third kappa shape index (κ3) is 4.38. The Morgan fingerprint density at radius 2 is 1.86 bits per heavy atom. The summed E-state index contributed by atoms with van der Waals surface area (Å²) in [6.07, 6.45) is 1.10. The van der Waals surface area contributed by atoms with E-state index in [9.17, 15) is 13.2 Å². The van der Waals surface area contributed by atoms with Gasteiger partial charge in [0.15, 0.2) is 9.84 Å². The van der Waals surface area contributed by atoms with E-state index in [1.165, 1.54) is 16.8 Å². The Labute approximate surface area is 173 Å². The number of nitrogens with zero attached hydrogens (tertiary/aromatic N) is 2. The number of amides is 1. The van der Waals surface area contributed by atoms with E-state index in [1.54, 1.807) is 25.1 Å². The molecule has 6 nitrogen and oxygen atoms in total. The molecular formula is C19H17Cl2N3O3S. The second-order valence-corrected chi connectivity index (χ2v) is 9.04. The molecule has 0 aliphatic rings. The van der Waals surface area contributed by atoms with Crippen molar-refractivity contribution in [1.82, 2.24) is 9.78 Å². The molecule has 0 atom stereocenters. The lowest BCUT2D eigenvalue weighted by Crippen LogP contribution is -2.13. The number of sulfone groups is 1. The van der Waals surface area contributed by atoms with Crippen LogP contribution in [0.15, 0.2) is 53.4 Å². The van der Waals surface area contributed by atoms with Gasteiger partial charge in [-0.2, -0.15) is 5.10 Å². The maximum Gasteiger partial charge on any atom is 0.260 e. The van der Waals surface area contributed by atoms with Crippen molar-refractivity contribution in [3.05, 3.63) is 75.5 Å². The molecule has 0 saturated heterocycles. The molecule has 1 N–H and O–H groups in total. The van der Waals surface area contributed by atoms with Crippen molar-refractivity contribution < 1.29 is 13.2 Å². The summed E-state index contributed by atoms with van der Waals surface area (Å²) in [5.41, 5.74) is 1.84. The van der Waals surface area contributed by atoms with E-state index >= 15 is 0 Å². The zero-order chi connectivity index (χ0) is 20.5. The summed E-state index contributed by atoms with van der Waals surface area (Å²) >= 11 is 12.6. The van der Waals surface area contributed by atoms with Crippen LogP contribution in [-0.4, -0.2) is 30.4 Å². The van der Waals surface area contributed by atoms with Gasteiger partial charge in [-0.25, -0.2) is 13.1 Å². The maximum absolute atomic E-state index is 12.7. The van der Waals surface area contributed by atoms with E-state index in [1.807, 2.05) is 18.2 Å². The average molecular weight is 438 g/mol. The highest BCUT2D eigenvalue weighted by Crippen LogP contribution is 2.25. The minimum absolute atomic E-state index is 0.113. The number of carbonyl (C=O) groups excluding carboxylic acids is 1. The van der Waals surface area contributed by atoms with Crippen LogP contribution >= 0.6 is 23.2 Å². The fourth-order valence-electron chi connectivity index (χ4n) is 2.70. The van der Waals surface area contributed by atoms with Gasteiger partial charge in [0.05, 0.1) is 22.7 Å². The molecular weight excluding hydrogens is 421 g/mol. The van der Waals surface area contributed by atoms with Crippen LogP contribution in [-0.2, 0) is 16.4 Å². The Hall–Kier alpha value is -2.35. The molecule has 28 heavy (non-hydrogen) atoms. The van der Waals surface area contributed by atoms with Crippen molar-refractivity contribution in [3.8, 4) is 0 Å². The van der Waals surface area contributed by atoms with Gasteiger partial charge < -0.3 is 5.32 Å². The third-order valence-electron chi connectivity index (χ3n) is 4.09. The Kier molecular flexibility index (Phi) is 5.79. The van der Waals surface area contributed by atoms with Gasteiger partial charge >= 0.3 is 0 Å². The molecule has 3 aromatic rings. The van der Waals surface area contributed by atoms with Crippen LogP contribution in [0.5, 0.6) is 0 Å². The number of hydrogen-bond donors (Lipinski definition) is 1. The number of hydrogen-bond acceptors (Lipinski definition) is 4. The van der Waals surface area contributed by atoms with Crippen LogP contribution in [0.3, 0.4) is 0 Å². The molecule has 0 spiro atoms. The van der Waals surface area contributed by atoms with E-state index in [-0.39, 0.29) is 15.6 Å². The lowest BCUT2D eigenvalue weighted by molar-refractivity contribution is 0.102. The van der Waals surface area contributed by atoms with Crippen LogP contribution in [0.4, 0.5) is 5.69 Å². The average Bonchev–Trinajstić information content (AvgIpc) is 2.90. The van der Waals surface area contributed by atoms with Crippen LogP contribution < -0.4 is 5.32 Å². The monoisotopic (exact) mass is 437 g/mol. The predicted octanol–water partition coefficient (Wildman–Crippen LogP) is 4.20.